The third kappa shape index (κ3) is 5.07. The Balaban J connectivity index is 1.14. The molecule has 1 atom stereocenters. The van der Waals surface area contributed by atoms with Crippen LogP contribution in [0.3, 0.4) is 0 Å². The fourth-order valence-electron chi connectivity index (χ4n) is 5.66. The molecule has 4 heterocycles. The van der Waals surface area contributed by atoms with Crippen molar-refractivity contribution < 1.29 is 13.6 Å². The van der Waals surface area contributed by atoms with Gasteiger partial charge in [0.2, 0.25) is 0 Å². The first-order valence-corrected chi connectivity index (χ1v) is 14.2. The maximum atomic E-state index is 15.4. The minimum Gasteiger partial charge on any atom is -0.310 e. The van der Waals surface area contributed by atoms with Crippen LogP contribution in [0.15, 0.2) is 42.6 Å². The molecule has 4 aromatic rings. The summed E-state index contributed by atoms with van der Waals surface area (Å²) >= 11 is 1.52. The number of aromatic nitrogens is 2. The highest BCUT2D eigenvalue weighted by molar-refractivity contribution is 7.23. The number of ketones is 1. The van der Waals surface area contributed by atoms with Crippen molar-refractivity contribution >= 4 is 32.3 Å². The minimum absolute atomic E-state index is 0.0642. The number of alkyl halides is 1. The zero-order chi connectivity index (χ0) is 25.4. The number of unbranched alkanes of at least 4 members (excludes halogenated alkanes) is 1. The van der Waals surface area contributed by atoms with Crippen molar-refractivity contribution in [3.63, 3.8) is 0 Å². The summed E-state index contributed by atoms with van der Waals surface area (Å²) in [7, 11) is 0. The number of Topliss-reactive ketones (excluding diaryl/α,β-unsaturated/α-hetero) is 1. The number of piperidine rings is 1. The van der Waals surface area contributed by atoms with E-state index in [0.717, 1.165) is 72.6 Å². The first-order chi connectivity index (χ1) is 18.1. The second kappa shape index (κ2) is 10.6. The number of hydrogen-bond acceptors (Lipinski definition) is 5. The van der Waals surface area contributed by atoms with Gasteiger partial charge in [0, 0.05) is 48.4 Å². The number of hydrogen-bond donors (Lipinski definition) is 1. The molecule has 0 saturated carbocycles. The van der Waals surface area contributed by atoms with Crippen molar-refractivity contribution in [2.45, 2.75) is 57.2 Å². The van der Waals surface area contributed by atoms with Crippen molar-refractivity contribution in [2.24, 2.45) is 0 Å². The van der Waals surface area contributed by atoms with E-state index in [1.807, 2.05) is 40.9 Å². The number of carbonyl (C=O) groups is 1. The summed E-state index contributed by atoms with van der Waals surface area (Å²) in [6, 6.07) is 11.4. The fourth-order valence-corrected chi connectivity index (χ4v) is 6.71. The van der Waals surface area contributed by atoms with Crippen molar-refractivity contribution in [1.29, 1.82) is 0 Å². The molecule has 2 fully saturated rings. The van der Waals surface area contributed by atoms with Gasteiger partial charge in [0.25, 0.3) is 0 Å². The Kier molecular flexibility index (Phi) is 7.06. The number of rotatable bonds is 8. The van der Waals surface area contributed by atoms with Crippen molar-refractivity contribution in [1.82, 2.24) is 19.6 Å². The van der Waals surface area contributed by atoms with Gasteiger partial charge in [-0.15, -0.1) is 0 Å². The molecule has 1 N–H and O–H groups in total. The van der Waals surface area contributed by atoms with Gasteiger partial charge in [0.05, 0.1) is 15.9 Å². The number of halogens is 2. The second-order valence-corrected chi connectivity index (χ2v) is 11.3. The summed E-state index contributed by atoms with van der Waals surface area (Å²) in [6.07, 6.45) is 6.82. The van der Waals surface area contributed by atoms with Crippen LogP contribution in [0.25, 0.3) is 26.4 Å². The van der Waals surface area contributed by atoms with Crippen molar-refractivity contribution in [3.8, 4) is 11.3 Å². The molecule has 0 amide bonds. The predicted octanol–water partition coefficient (Wildman–Crippen LogP) is 6.57. The number of nitrogens with one attached hydrogen (secondary N) is 1. The quantitative estimate of drug-likeness (QED) is 0.210. The molecule has 2 aromatic carbocycles. The molecule has 194 valence electrons. The van der Waals surface area contributed by atoms with Crippen LogP contribution in [-0.4, -0.2) is 52.4 Å². The van der Waals surface area contributed by atoms with Gasteiger partial charge in [-0.05, 0) is 75.9 Å². The molecule has 0 aliphatic carbocycles. The van der Waals surface area contributed by atoms with Crippen LogP contribution in [-0.2, 0) is 0 Å². The number of benzene rings is 2. The van der Waals surface area contributed by atoms with E-state index in [1.54, 1.807) is 6.07 Å². The lowest BCUT2D eigenvalue weighted by Gasteiger charge is -2.28. The number of thiazole rings is 1. The largest absolute Gasteiger partial charge is 0.310 e. The van der Waals surface area contributed by atoms with E-state index in [9.17, 15) is 9.18 Å². The Labute approximate surface area is 219 Å². The maximum absolute atomic E-state index is 15.4. The Morgan fingerprint density at radius 1 is 1.14 bits per heavy atom. The molecular weight excluding hydrogens is 490 g/mol. The first-order valence-electron chi connectivity index (χ1n) is 13.4. The first kappa shape index (κ1) is 24.6. The lowest BCUT2D eigenvalue weighted by molar-refractivity contribution is 0.0976. The van der Waals surface area contributed by atoms with E-state index < -0.39 is 6.17 Å². The van der Waals surface area contributed by atoms with Crippen molar-refractivity contribution in [3.05, 3.63) is 59.5 Å². The molecule has 0 unspecified atom stereocenters. The zero-order valence-corrected chi connectivity index (χ0v) is 21.7. The summed E-state index contributed by atoms with van der Waals surface area (Å²) in [4.78, 5) is 20.7. The van der Waals surface area contributed by atoms with Crippen molar-refractivity contribution in [2.75, 3.05) is 26.2 Å². The van der Waals surface area contributed by atoms with Crippen LogP contribution < -0.4 is 5.32 Å². The van der Waals surface area contributed by atoms with E-state index in [1.165, 1.54) is 11.3 Å². The molecule has 2 aliphatic heterocycles. The van der Waals surface area contributed by atoms with Gasteiger partial charge in [-0.3, -0.25) is 9.20 Å². The standard InChI is InChI=1S/C29H32F2N4OS/c30-20-11-15-34(16-12-20)14-2-1-8-26(36)19-9-10-25-27(17-19)37-29-33-24(18-35(25)29)22-6-3-5-21(28(22)31)23-7-4-13-32-23/h3,5-6,9-10,17-18,20,23,32H,1-2,4,7-8,11-16H2/t23-/m0/s1. The highest BCUT2D eigenvalue weighted by atomic mass is 32.1. The second-order valence-electron chi connectivity index (χ2n) is 10.3. The molecule has 2 aromatic heterocycles. The van der Waals surface area contributed by atoms with Gasteiger partial charge in [0.15, 0.2) is 10.7 Å². The molecule has 2 aliphatic rings. The number of imidazole rings is 1. The van der Waals surface area contributed by atoms with Gasteiger partial charge in [-0.25, -0.2) is 13.8 Å². The number of carbonyl (C=O) groups excluding carboxylic acids is 1. The third-order valence-corrected chi connectivity index (χ3v) is 8.82. The smallest absolute Gasteiger partial charge is 0.195 e. The van der Waals surface area contributed by atoms with E-state index in [4.69, 9.17) is 4.98 Å². The maximum Gasteiger partial charge on any atom is 0.195 e. The molecule has 0 radical (unpaired) electrons. The molecule has 2 saturated heterocycles. The molecular formula is C29H32F2N4OS. The molecule has 0 spiro atoms. The monoisotopic (exact) mass is 522 g/mol. The number of likely N-dealkylation sites (tertiary alicyclic amines) is 1. The average Bonchev–Trinajstić information content (AvgIpc) is 3.64. The van der Waals surface area contributed by atoms with Crippen LogP contribution in [0.4, 0.5) is 8.78 Å². The Morgan fingerprint density at radius 3 is 2.81 bits per heavy atom. The summed E-state index contributed by atoms with van der Waals surface area (Å²) in [5.41, 5.74) is 3.56. The summed E-state index contributed by atoms with van der Waals surface area (Å²) < 4.78 is 31.7. The number of fused-ring (bicyclic) bond motifs is 3. The van der Waals surface area contributed by atoms with E-state index >= 15 is 4.39 Å². The molecule has 5 nitrogen and oxygen atoms in total. The Morgan fingerprint density at radius 2 is 2.00 bits per heavy atom. The average molecular weight is 523 g/mol. The number of nitrogens with zero attached hydrogens (tertiary/aromatic N) is 3. The lowest BCUT2D eigenvalue weighted by Crippen LogP contribution is -2.35. The van der Waals surface area contributed by atoms with Crippen LogP contribution >= 0.6 is 11.3 Å². The van der Waals surface area contributed by atoms with Gasteiger partial charge >= 0.3 is 0 Å². The van der Waals surface area contributed by atoms with Gasteiger partial charge < -0.3 is 10.2 Å². The summed E-state index contributed by atoms with van der Waals surface area (Å²) in [6.45, 7) is 3.50. The normalized spacial score (nSPS) is 19.4. The van der Waals surface area contributed by atoms with Gasteiger partial charge in [-0.2, -0.15) is 0 Å². The highest BCUT2D eigenvalue weighted by Gasteiger charge is 2.23. The molecule has 0 bridgehead atoms. The Hall–Kier alpha value is -2.68. The fraction of sp³-hybridized carbons (Fsp3) is 0.448. The lowest BCUT2D eigenvalue weighted by atomic mass is 10.0. The van der Waals surface area contributed by atoms with Crippen LogP contribution in [0.5, 0.6) is 0 Å². The van der Waals surface area contributed by atoms with Gasteiger partial charge in [0.1, 0.15) is 12.0 Å². The zero-order valence-electron chi connectivity index (χ0n) is 20.9. The summed E-state index contributed by atoms with van der Waals surface area (Å²) in [5, 5.41) is 3.38. The SMILES string of the molecule is O=C(CCCCN1CCC(F)CC1)c1ccc2c(c1)sc1nc(-c3cccc([C@@H]4CCCN4)c3F)cn12. The van der Waals surface area contributed by atoms with E-state index in [0.29, 0.717) is 36.1 Å². The third-order valence-electron chi connectivity index (χ3n) is 7.80. The minimum atomic E-state index is -0.647. The molecule has 6 rings (SSSR count). The van der Waals surface area contributed by atoms with Crippen LogP contribution in [0, 0.1) is 5.82 Å². The van der Waals surface area contributed by atoms with Crippen LogP contribution in [0.2, 0.25) is 0 Å². The Bertz CT molecular complexity index is 1420. The predicted molar refractivity (Wildman–Crippen MR) is 145 cm³/mol. The van der Waals surface area contributed by atoms with Crippen LogP contribution in [0.1, 0.15) is 66.9 Å². The molecule has 8 heteroatoms. The highest BCUT2D eigenvalue weighted by Crippen LogP contribution is 2.34. The van der Waals surface area contributed by atoms with E-state index in [2.05, 4.69) is 10.2 Å². The molecule has 37 heavy (non-hydrogen) atoms. The van der Waals surface area contributed by atoms with Gasteiger partial charge in [-0.1, -0.05) is 23.5 Å². The van der Waals surface area contributed by atoms with E-state index in [-0.39, 0.29) is 17.6 Å². The topological polar surface area (TPSA) is 49.6 Å². The summed E-state index contributed by atoms with van der Waals surface area (Å²) in [5.74, 6) is -0.0489.